The highest BCUT2D eigenvalue weighted by atomic mass is 19.3. The van der Waals surface area contributed by atoms with Crippen LogP contribution in [0.4, 0.5) is 8.78 Å². The third kappa shape index (κ3) is 1.59. The van der Waals surface area contributed by atoms with Crippen molar-refractivity contribution >= 4 is 5.97 Å². The summed E-state index contributed by atoms with van der Waals surface area (Å²) in [5, 5.41) is 0. The number of carbonyl (C=O) groups excluding carboxylic acids is 1. The number of hydrogen-bond acceptors (Lipinski definition) is 4. The molecule has 1 atom stereocenters. The van der Waals surface area contributed by atoms with E-state index in [0.29, 0.717) is 11.5 Å². The summed E-state index contributed by atoms with van der Waals surface area (Å²) in [7, 11) is 0. The van der Waals surface area contributed by atoms with Crippen LogP contribution < -0.4 is 9.47 Å². The lowest BCUT2D eigenvalue weighted by molar-refractivity contribution is -0.149. The molecule has 0 saturated heterocycles. The Morgan fingerprint density at radius 1 is 1.37 bits per heavy atom. The van der Waals surface area contributed by atoms with E-state index >= 15 is 0 Å². The molecule has 3 rings (SSSR count). The van der Waals surface area contributed by atoms with E-state index in [1.807, 2.05) is 0 Å². The minimum Gasteiger partial charge on any atom is -0.465 e. The Morgan fingerprint density at radius 3 is 2.68 bits per heavy atom. The van der Waals surface area contributed by atoms with Gasteiger partial charge in [0.1, 0.15) is 0 Å². The molecular formula is C13H12F2O4. The largest absolute Gasteiger partial charge is 0.465 e. The first-order valence-electron chi connectivity index (χ1n) is 5.96. The van der Waals surface area contributed by atoms with Crippen LogP contribution in [0.5, 0.6) is 11.5 Å². The van der Waals surface area contributed by atoms with Gasteiger partial charge in [-0.1, -0.05) is 6.07 Å². The van der Waals surface area contributed by atoms with Gasteiger partial charge in [0.2, 0.25) is 6.79 Å². The fraction of sp³-hybridized carbons (Fsp3) is 0.462. The number of carbonyl (C=O) groups is 1. The summed E-state index contributed by atoms with van der Waals surface area (Å²) in [5.41, 5.74) is -1.66. The molecule has 0 bridgehead atoms. The molecular weight excluding hydrogens is 258 g/mol. The van der Waals surface area contributed by atoms with Crippen LogP contribution in [-0.2, 0) is 14.9 Å². The van der Waals surface area contributed by atoms with Crippen molar-refractivity contribution in [3.05, 3.63) is 23.8 Å². The maximum Gasteiger partial charge on any atom is 0.322 e. The van der Waals surface area contributed by atoms with Gasteiger partial charge in [-0.25, -0.2) is 8.78 Å². The molecule has 19 heavy (non-hydrogen) atoms. The van der Waals surface area contributed by atoms with Gasteiger partial charge in [0.15, 0.2) is 16.9 Å². The van der Waals surface area contributed by atoms with Gasteiger partial charge in [0.25, 0.3) is 5.92 Å². The molecule has 1 aromatic carbocycles. The second-order valence-corrected chi connectivity index (χ2v) is 4.58. The van der Waals surface area contributed by atoms with Gasteiger partial charge in [0.05, 0.1) is 6.61 Å². The monoisotopic (exact) mass is 270 g/mol. The first-order valence-corrected chi connectivity index (χ1v) is 5.96. The number of benzene rings is 1. The first-order chi connectivity index (χ1) is 9.01. The number of alkyl halides is 2. The predicted molar refractivity (Wildman–Crippen MR) is 60.4 cm³/mol. The number of halogens is 2. The molecule has 1 unspecified atom stereocenters. The second kappa shape index (κ2) is 3.82. The van der Waals surface area contributed by atoms with Crippen LogP contribution in [0.25, 0.3) is 0 Å². The average Bonchev–Trinajstić information content (AvgIpc) is 2.73. The molecule has 1 aliphatic heterocycles. The van der Waals surface area contributed by atoms with Gasteiger partial charge < -0.3 is 14.2 Å². The highest BCUT2D eigenvalue weighted by Crippen LogP contribution is 2.63. The molecule has 0 spiro atoms. The van der Waals surface area contributed by atoms with Crippen LogP contribution in [0, 0.1) is 0 Å². The summed E-state index contributed by atoms with van der Waals surface area (Å²) in [6.07, 6.45) is -0.529. The Hall–Kier alpha value is -1.85. The number of esters is 1. The van der Waals surface area contributed by atoms with E-state index < -0.39 is 23.7 Å². The molecule has 2 aliphatic rings. The Kier molecular flexibility index (Phi) is 2.45. The van der Waals surface area contributed by atoms with Crippen LogP contribution in [0.1, 0.15) is 18.9 Å². The Morgan fingerprint density at radius 2 is 2.05 bits per heavy atom. The summed E-state index contributed by atoms with van der Waals surface area (Å²) in [6.45, 7) is 1.72. The van der Waals surface area contributed by atoms with E-state index in [9.17, 15) is 13.6 Å². The molecule has 1 aromatic rings. The van der Waals surface area contributed by atoms with Gasteiger partial charge >= 0.3 is 5.97 Å². The summed E-state index contributed by atoms with van der Waals surface area (Å²) in [4.78, 5) is 11.9. The highest BCUT2D eigenvalue weighted by Gasteiger charge is 2.77. The van der Waals surface area contributed by atoms with Gasteiger partial charge in [0, 0.05) is 6.42 Å². The summed E-state index contributed by atoms with van der Waals surface area (Å²) >= 11 is 0. The van der Waals surface area contributed by atoms with Crippen LogP contribution in [0.2, 0.25) is 0 Å². The summed E-state index contributed by atoms with van der Waals surface area (Å²) in [5.74, 6) is -3.10. The van der Waals surface area contributed by atoms with E-state index in [4.69, 9.17) is 14.2 Å². The van der Waals surface area contributed by atoms with Crippen molar-refractivity contribution in [3.8, 4) is 11.5 Å². The maximum atomic E-state index is 13.7. The Bertz CT molecular complexity index is 543. The molecule has 0 radical (unpaired) electrons. The molecule has 0 aromatic heterocycles. The van der Waals surface area contributed by atoms with Crippen molar-refractivity contribution < 1.29 is 27.8 Å². The van der Waals surface area contributed by atoms with E-state index in [0.717, 1.165) is 0 Å². The van der Waals surface area contributed by atoms with Crippen LogP contribution in [-0.4, -0.2) is 25.3 Å². The van der Waals surface area contributed by atoms with E-state index in [-0.39, 0.29) is 19.0 Å². The fourth-order valence-electron chi connectivity index (χ4n) is 2.36. The van der Waals surface area contributed by atoms with Crippen LogP contribution >= 0.6 is 0 Å². The maximum absolute atomic E-state index is 13.7. The molecule has 6 heteroatoms. The van der Waals surface area contributed by atoms with Crippen molar-refractivity contribution in [2.45, 2.75) is 24.7 Å². The molecule has 1 aliphatic carbocycles. The molecule has 1 saturated carbocycles. The normalized spacial score (nSPS) is 26.1. The van der Waals surface area contributed by atoms with E-state index in [2.05, 4.69) is 0 Å². The summed E-state index contributed by atoms with van der Waals surface area (Å²) < 4.78 is 42.4. The van der Waals surface area contributed by atoms with Gasteiger partial charge in [-0.2, -0.15) is 0 Å². The van der Waals surface area contributed by atoms with Crippen molar-refractivity contribution in [1.82, 2.24) is 0 Å². The zero-order valence-corrected chi connectivity index (χ0v) is 10.2. The van der Waals surface area contributed by atoms with Crippen molar-refractivity contribution in [2.75, 3.05) is 13.4 Å². The molecule has 1 fully saturated rings. The molecule has 4 nitrogen and oxygen atoms in total. The van der Waals surface area contributed by atoms with Crippen LogP contribution in [0.3, 0.4) is 0 Å². The molecule has 0 amide bonds. The van der Waals surface area contributed by atoms with E-state index in [1.54, 1.807) is 6.92 Å². The first kappa shape index (κ1) is 12.2. The lowest BCUT2D eigenvalue weighted by Crippen LogP contribution is -2.29. The van der Waals surface area contributed by atoms with E-state index in [1.165, 1.54) is 18.2 Å². The molecule has 1 heterocycles. The molecule has 102 valence electrons. The van der Waals surface area contributed by atoms with Gasteiger partial charge in [-0.15, -0.1) is 0 Å². The predicted octanol–water partition coefficient (Wildman–Crippen LogP) is 2.26. The van der Waals surface area contributed by atoms with Gasteiger partial charge in [-0.3, -0.25) is 4.79 Å². The minimum atomic E-state index is -3.08. The highest BCUT2D eigenvalue weighted by molar-refractivity contribution is 5.89. The molecule has 0 N–H and O–H groups in total. The average molecular weight is 270 g/mol. The smallest absolute Gasteiger partial charge is 0.322 e. The van der Waals surface area contributed by atoms with Crippen LogP contribution in [0.15, 0.2) is 18.2 Å². The zero-order chi connectivity index (χ0) is 13.7. The van der Waals surface area contributed by atoms with Crippen molar-refractivity contribution in [2.24, 2.45) is 0 Å². The third-order valence-corrected chi connectivity index (χ3v) is 3.48. The van der Waals surface area contributed by atoms with Gasteiger partial charge in [-0.05, 0) is 24.6 Å². The third-order valence-electron chi connectivity index (χ3n) is 3.48. The number of rotatable bonds is 3. The Labute approximate surface area is 108 Å². The zero-order valence-electron chi connectivity index (χ0n) is 10.2. The van der Waals surface area contributed by atoms with Crippen molar-refractivity contribution in [3.63, 3.8) is 0 Å². The number of fused-ring (bicyclic) bond motifs is 1. The second-order valence-electron chi connectivity index (χ2n) is 4.58. The summed E-state index contributed by atoms with van der Waals surface area (Å²) in [6, 6.07) is 4.43. The Balaban J connectivity index is 2.01. The van der Waals surface area contributed by atoms with Crippen molar-refractivity contribution in [1.29, 1.82) is 0 Å². The minimum absolute atomic E-state index is 0.0571. The lowest BCUT2D eigenvalue weighted by atomic mass is 9.95. The lowest BCUT2D eigenvalue weighted by Gasteiger charge is -2.15. The quantitative estimate of drug-likeness (QED) is 0.790. The number of hydrogen-bond donors (Lipinski definition) is 0. The topological polar surface area (TPSA) is 44.8 Å². The number of ether oxygens (including phenoxy) is 3. The SMILES string of the molecule is CCOC(=O)C1(c2ccc3c(c2)OCO3)CC1(F)F. The fourth-order valence-corrected chi connectivity index (χ4v) is 2.36. The standard InChI is InChI=1S/C13H12F2O4/c1-2-17-11(16)12(6-13(12,14)15)8-3-4-9-10(5-8)19-7-18-9/h3-5H,2,6-7H2,1H3.